The lowest BCUT2D eigenvalue weighted by molar-refractivity contribution is 0.488. The van der Waals surface area contributed by atoms with Gasteiger partial charge >= 0.3 is 0 Å². The molecule has 2 aromatic carbocycles. The van der Waals surface area contributed by atoms with E-state index in [1.165, 1.54) is 47.9 Å². The number of hydrogen-bond acceptors (Lipinski definition) is 1. The lowest BCUT2D eigenvalue weighted by atomic mass is 9.98. The Morgan fingerprint density at radius 2 is 1.80 bits per heavy atom. The lowest BCUT2D eigenvalue weighted by Gasteiger charge is -2.20. The molecular formula is C19H23N. The quantitative estimate of drug-likeness (QED) is 0.803. The minimum Gasteiger partial charge on any atom is -0.306 e. The molecule has 2 aromatic rings. The van der Waals surface area contributed by atoms with Crippen molar-refractivity contribution in [2.45, 2.75) is 45.2 Å². The van der Waals surface area contributed by atoms with Crippen molar-refractivity contribution >= 4 is 0 Å². The zero-order chi connectivity index (χ0) is 13.8. The molecule has 0 radical (unpaired) electrons. The predicted octanol–water partition coefficient (Wildman–Crippen LogP) is 4.55. The summed E-state index contributed by atoms with van der Waals surface area (Å²) >= 11 is 0. The lowest BCUT2D eigenvalue weighted by Crippen LogP contribution is -2.21. The molecule has 1 unspecified atom stereocenters. The number of hydrogen-bond donors (Lipinski definition) is 1. The van der Waals surface area contributed by atoms with Crippen LogP contribution in [0.15, 0.2) is 48.5 Å². The smallest absolute Gasteiger partial charge is 0.0325 e. The normalized spacial score (nSPS) is 18.4. The van der Waals surface area contributed by atoms with Crippen LogP contribution in [0.25, 0.3) is 0 Å². The summed E-state index contributed by atoms with van der Waals surface area (Å²) in [7, 11) is 0. The van der Waals surface area contributed by atoms with Crippen molar-refractivity contribution in [1.82, 2.24) is 5.32 Å². The molecule has 1 aliphatic rings. The molecule has 0 amide bonds. The Hall–Kier alpha value is -1.60. The highest BCUT2D eigenvalue weighted by molar-refractivity contribution is 5.32. The van der Waals surface area contributed by atoms with Gasteiger partial charge in [-0.05, 0) is 48.4 Å². The van der Waals surface area contributed by atoms with Crippen molar-refractivity contribution in [3.8, 4) is 0 Å². The highest BCUT2D eigenvalue weighted by Crippen LogP contribution is 2.28. The minimum absolute atomic E-state index is 0.508. The Morgan fingerprint density at radius 3 is 2.70 bits per heavy atom. The molecule has 1 heteroatoms. The molecule has 1 aliphatic carbocycles. The van der Waals surface area contributed by atoms with E-state index in [0.29, 0.717) is 6.04 Å². The van der Waals surface area contributed by atoms with Crippen LogP contribution in [0.5, 0.6) is 0 Å². The average Bonchev–Trinajstić information content (AvgIpc) is 2.69. The second-order valence-electron chi connectivity index (χ2n) is 5.80. The molecular weight excluding hydrogens is 242 g/mol. The third kappa shape index (κ3) is 2.94. The summed E-state index contributed by atoms with van der Waals surface area (Å²) in [5.41, 5.74) is 5.84. The van der Waals surface area contributed by atoms with E-state index in [9.17, 15) is 0 Å². The molecule has 0 heterocycles. The van der Waals surface area contributed by atoms with Gasteiger partial charge in [-0.2, -0.15) is 0 Å². The monoisotopic (exact) mass is 265 g/mol. The first-order chi connectivity index (χ1) is 9.84. The average molecular weight is 265 g/mol. The second kappa shape index (κ2) is 6.23. The van der Waals surface area contributed by atoms with E-state index in [4.69, 9.17) is 0 Å². The first kappa shape index (κ1) is 13.4. The fraction of sp³-hybridized carbons (Fsp3) is 0.368. The van der Waals surface area contributed by atoms with E-state index < -0.39 is 0 Å². The van der Waals surface area contributed by atoms with Crippen LogP contribution in [-0.2, 0) is 13.0 Å². The maximum Gasteiger partial charge on any atom is 0.0325 e. The van der Waals surface area contributed by atoms with Gasteiger partial charge in [0.05, 0.1) is 0 Å². The molecule has 3 rings (SSSR count). The van der Waals surface area contributed by atoms with Gasteiger partial charge in [-0.15, -0.1) is 0 Å². The van der Waals surface area contributed by atoms with Gasteiger partial charge in [-0.1, -0.05) is 55.0 Å². The second-order valence-corrected chi connectivity index (χ2v) is 5.80. The Kier molecular flexibility index (Phi) is 4.17. The van der Waals surface area contributed by atoms with Crippen LogP contribution in [0.3, 0.4) is 0 Å². The maximum absolute atomic E-state index is 3.77. The predicted molar refractivity (Wildman–Crippen MR) is 84.8 cm³/mol. The van der Waals surface area contributed by atoms with Crippen LogP contribution in [-0.4, -0.2) is 0 Å². The van der Waals surface area contributed by atoms with Crippen LogP contribution in [0.2, 0.25) is 0 Å². The van der Waals surface area contributed by atoms with E-state index in [-0.39, 0.29) is 0 Å². The summed E-state index contributed by atoms with van der Waals surface area (Å²) in [6, 6.07) is 18.1. The Labute approximate surface area is 122 Å². The molecule has 1 atom stereocenters. The summed E-state index contributed by atoms with van der Waals surface area (Å²) in [6.45, 7) is 3.16. The number of benzene rings is 2. The Balaban J connectivity index is 1.76. The van der Waals surface area contributed by atoms with Gasteiger partial charge in [0.25, 0.3) is 0 Å². The third-order valence-electron chi connectivity index (χ3n) is 4.42. The first-order valence-corrected chi connectivity index (χ1v) is 7.70. The van der Waals surface area contributed by atoms with Gasteiger partial charge < -0.3 is 5.32 Å². The SMILES string of the molecule is Cc1ccccc1CNC1CCCCc2ccccc21. The van der Waals surface area contributed by atoms with Crippen LogP contribution in [0, 0.1) is 6.92 Å². The molecule has 1 nitrogen and oxygen atoms in total. The van der Waals surface area contributed by atoms with Gasteiger partial charge in [-0.25, -0.2) is 0 Å². The van der Waals surface area contributed by atoms with Crippen molar-refractivity contribution in [2.24, 2.45) is 0 Å². The first-order valence-electron chi connectivity index (χ1n) is 7.70. The number of fused-ring (bicyclic) bond motifs is 1. The molecule has 0 spiro atoms. The van der Waals surface area contributed by atoms with Crippen LogP contribution >= 0.6 is 0 Å². The van der Waals surface area contributed by atoms with Crippen molar-refractivity contribution < 1.29 is 0 Å². The third-order valence-corrected chi connectivity index (χ3v) is 4.42. The number of rotatable bonds is 3. The van der Waals surface area contributed by atoms with Gasteiger partial charge in [0, 0.05) is 12.6 Å². The van der Waals surface area contributed by atoms with E-state index in [0.717, 1.165) is 6.54 Å². The zero-order valence-corrected chi connectivity index (χ0v) is 12.2. The van der Waals surface area contributed by atoms with Gasteiger partial charge in [0.15, 0.2) is 0 Å². The van der Waals surface area contributed by atoms with Gasteiger partial charge in [0.2, 0.25) is 0 Å². The van der Waals surface area contributed by atoms with E-state index in [1.807, 2.05) is 0 Å². The summed E-state index contributed by atoms with van der Waals surface area (Å²) < 4.78 is 0. The molecule has 0 saturated carbocycles. The molecule has 1 N–H and O–H groups in total. The largest absolute Gasteiger partial charge is 0.306 e. The van der Waals surface area contributed by atoms with E-state index >= 15 is 0 Å². The Bertz CT molecular complexity index is 573. The summed E-state index contributed by atoms with van der Waals surface area (Å²) in [4.78, 5) is 0. The van der Waals surface area contributed by atoms with Gasteiger partial charge in [-0.3, -0.25) is 0 Å². The molecule has 0 aliphatic heterocycles. The highest BCUT2D eigenvalue weighted by atomic mass is 14.9. The molecule has 20 heavy (non-hydrogen) atoms. The zero-order valence-electron chi connectivity index (χ0n) is 12.2. The van der Waals surface area contributed by atoms with Crippen molar-refractivity contribution in [1.29, 1.82) is 0 Å². The van der Waals surface area contributed by atoms with Crippen LogP contribution < -0.4 is 5.32 Å². The molecule has 0 saturated heterocycles. The van der Waals surface area contributed by atoms with E-state index in [1.54, 1.807) is 0 Å². The standard InChI is InChI=1S/C19H23N/c1-15-8-2-3-11-17(15)14-20-19-13-7-5-10-16-9-4-6-12-18(16)19/h2-4,6,8-9,11-12,19-20H,5,7,10,13-14H2,1H3. The van der Waals surface area contributed by atoms with Crippen molar-refractivity contribution in [2.75, 3.05) is 0 Å². The molecule has 104 valence electrons. The fourth-order valence-corrected chi connectivity index (χ4v) is 3.17. The summed E-state index contributed by atoms with van der Waals surface area (Å²) in [6.07, 6.45) is 5.13. The van der Waals surface area contributed by atoms with Crippen LogP contribution in [0.1, 0.15) is 47.6 Å². The maximum atomic E-state index is 3.77. The molecule has 0 fully saturated rings. The summed E-state index contributed by atoms with van der Waals surface area (Å²) in [5.74, 6) is 0. The number of aryl methyl sites for hydroxylation is 2. The van der Waals surface area contributed by atoms with Crippen LogP contribution in [0.4, 0.5) is 0 Å². The van der Waals surface area contributed by atoms with Gasteiger partial charge in [0.1, 0.15) is 0 Å². The Morgan fingerprint density at radius 1 is 1.00 bits per heavy atom. The van der Waals surface area contributed by atoms with Crippen molar-refractivity contribution in [3.63, 3.8) is 0 Å². The fourth-order valence-electron chi connectivity index (χ4n) is 3.17. The molecule has 0 bridgehead atoms. The minimum atomic E-state index is 0.508. The topological polar surface area (TPSA) is 12.0 Å². The number of nitrogens with one attached hydrogen (secondary N) is 1. The molecule has 0 aromatic heterocycles. The highest BCUT2D eigenvalue weighted by Gasteiger charge is 2.17. The summed E-state index contributed by atoms with van der Waals surface area (Å²) in [5, 5.41) is 3.77. The van der Waals surface area contributed by atoms with E-state index in [2.05, 4.69) is 60.8 Å². The van der Waals surface area contributed by atoms with Crippen molar-refractivity contribution in [3.05, 3.63) is 70.8 Å².